The average molecular weight is 357 g/mol. The first kappa shape index (κ1) is 18.1. The molecule has 3 heterocycles. The van der Waals surface area contributed by atoms with E-state index in [0.29, 0.717) is 24.2 Å². The lowest BCUT2D eigenvalue weighted by atomic mass is 9.92. The maximum absolute atomic E-state index is 12.0. The minimum Gasteiger partial charge on any atom is -0.461 e. The second-order valence-electron chi connectivity index (χ2n) is 7.85. The molecule has 8 heteroatoms. The second-order valence-corrected chi connectivity index (χ2v) is 7.85. The highest BCUT2D eigenvalue weighted by Crippen LogP contribution is 2.40. The smallest absolute Gasteiger partial charge is 0.306 e. The van der Waals surface area contributed by atoms with Crippen LogP contribution in [0.1, 0.15) is 51.8 Å². The molecule has 2 unspecified atom stereocenters. The molecular formula is C18H23N5O3. The number of carbonyl (C=O) groups is 1. The van der Waals surface area contributed by atoms with Crippen molar-refractivity contribution in [2.45, 2.75) is 51.7 Å². The normalized spacial score (nSPS) is 23.1. The number of hydrogen-bond donors (Lipinski definition) is 1. The zero-order valence-corrected chi connectivity index (χ0v) is 15.2. The van der Waals surface area contributed by atoms with E-state index in [-0.39, 0.29) is 30.5 Å². The highest BCUT2D eigenvalue weighted by molar-refractivity contribution is 5.70. The maximum atomic E-state index is 12.0. The number of nitrogens with zero attached hydrogens (tertiary/aromatic N) is 4. The molecule has 1 fully saturated rings. The summed E-state index contributed by atoms with van der Waals surface area (Å²) < 4.78 is 13.0. The first-order valence-corrected chi connectivity index (χ1v) is 8.56. The molecule has 0 amide bonds. The van der Waals surface area contributed by atoms with Gasteiger partial charge in [0.25, 0.3) is 0 Å². The van der Waals surface area contributed by atoms with Gasteiger partial charge in [-0.15, -0.1) is 0 Å². The molecule has 2 aromatic heterocycles. The van der Waals surface area contributed by atoms with E-state index in [1.165, 1.54) is 6.33 Å². The molecule has 2 aromatic rings. The van der Waals surface area contributed by atoms with Gasteiger partial charge >= 0.3 is 5.97 Å². The van der Waals surface area contributed by atoms with E-state index in [1.807, 2.05) is 32.9 Å². The number of fused-ring (bicyclic) bond motifs is 1. The molecule has 0 aliphatic carbocycles. The average Bonchev–Trinajstić information content (AvgIpc) is 3.17. The van der Waals surface area contributed by atoms with E-state index in [1.54, 1.807) is 4.52 Å². The van der Waals surface area contributed by atoms with Crippen molar-refractivity contribution in [1.29, 1.82) is 5.26 Å². The van der Waals surface area contributed by atoms with Crippen molar-refractivity contribution < 1.29 is 14.3 Å². The third-order valence-corrected chi connectivity index (χ3v) is 4.36. The summed E-state index contributed by atoms with van der Waals surface area (Å²) in [6.45, 7) is 5.81. The van der Waals surface area contributed by atoms with Crippen molar-refractivity contribution in [2.75, 3.05) is 12.3 Å². The lowest BCUT2D eigenvalue weighted by Gasteiger charge is -2.23. The van der Waals surface area contributed by atoms with Crippen molar-refractivity contribution in [3.63, 3.8) is 0 Å². The fourth-order valence-electron chi connectivity index (χ4n) is 3.08. The third-order valence-electron chi connectivity index (χ3n) is 4.36. The predicted molar refractivity (Wildman–Crippen MR) is 93.8 cm³/mol. The summed E-state index contributed by atoms with van der Waals surface area (Å²) in [5, 5.41) is 13.8. The molecule has 2 atom stereocenters. The van der Waals surface area contributed by atoms with E-state index in [0.717, 1.165) is 5.69 Å². The maximum Gasteiger partial charge on any atom is 0.306 e. The molecule has 1 saturated heterocycles. The van der Waals surface area contributed by atoms with Crippen LogP contribution in [0.15, 0.2) is 18.5 Å². The Morgan fingerprint density at radius 2 is 2.31 bits per heavy atom. The number of aromatic nitrogens is 3. The van der Waals surface area contributed by atoms with Gasteiger partial charge in [0.15, 0.2) is 11.4 Å². The molecule has 1 aliphatic rings. The van der Waals surface area contributed by atoms with E-state index < -0.39 is 5.60 Å². The topological polar surface area (TPSA) is 116 Å². The lowest BCUT2D eigenvalue weighted by molar-refractivity contribution is -0.153. The zero-order chi connectivity index (χ0) is 18.9. The number of nitrogens with two attached hydrogens (primary N) is 1. The van der Waals surface area contributed by atoms with Crippen LogP contribution >= 0.6 is 0 Å². The van der Waals surface area contributed by atoms with Gasteiger partial charge in [0.1, 0.15) is 30.6 Å². The van der Waals surface area contributed by atoms with Gasteiger partial charge in [-0.25, -0.2) is 9.50 Å². The Morgan fingerprint density at radius 3 is 3.00 bits per heavy atom. The number of carbonyl (C=O) groups excluding carboxylic acids is 1. The molecular weight excluding hydrogens is 334 g/mol. The molecule has 8 nitrogen and oxygen atoms in total. The number of esters is 1. The van der Waals surface area contributed by atoms with Gasteiger partial charge in [0, 0.05) is 0 Å². The molecule has 1 aliphatic heterocycles. The first-order valence-electron chi connectivity index (χ1n) is 8.56. The van der Waals surface area contributed by atoms with E-state index >= 15 is 0 Å². The van der Waals surface area contributed by atoms with Gasteiger partial charge in [-0.2, -0.15) is 10.4 Å². The quantitative estimate of drug-likeness (QED) is 0.835. The highest BCUT2D eigenvalue weighted by Gasteiger charge is 2.43. The van der Waals surface area contributed by atoms with Crippen LogP contribution < -0.4 is 5.73 Å². The Labute approximate surface area is 151 Å². The summed E-state index contributed by atoms with van der Waals surface area (Å²) in [7, 11) is 0. The Morgan fingerprint density at radius 1 is 1.54 bits per heavy atom. The van der Waals surface area contributed by atoms with Gasteiger partial charge in [0.05, 0.1) is 12.1 Å². The summed E-state index contributed by atoms with van der Waals surface area (Å²) in [5.74, 6) is 0.0553. The van der Waals surface area contributed by atoms with Gasteiger partial charge in [-0.1, -0.05) is 20.8 Å². The molecule has 138 valence electrons. The van der Waals surface area contributed by atoms with Crippen LogP contribution in [-0.2, 0) is 14.3 Å². The number of hydrogen-bond acceptors (Lipinski definition) is 7. The Balaban J connectivity index is 1.72. The summed E-state index contributed by atoms with van der Waals surface area (Å²) in [4.78, 5) is 15.9. The summed E-state index contributed by atoms with van der Waals surface area (Å²) in [6.07, 6.45) is 2.45. The fraction of sp³-hybridized carbons (Fsp3) is 0.556. The molecule has 3 rings (SSSR count). The highest BCUT2D eigenvalue weighted by atomic mass is 16.6. The third kappa shape index (κ3) is 3.63. The van der Waals surface area contributed by atoms with Gasteiger partial charge < -0.3 is 15.2 Å². The minimum atomic E-state index is -1.14. The Hall–Kier alpha value is -2.66. The largest absolute Gasteiger partial charge is 0.461 e. The Bertz CT molecular complexity index is 864. The number of ether oxygens (including phenoxy) is 2. The number of nitrogen functional groups attached to an aromatic ring is 1. The van der Waals surface area contributed by atoms with Crippen molar-refractivity contribution in [3.05, 3.63) is 24.2 Å². The molecule has 2 N–H and O–H groups in total. The van der Waals surface area contributed by atoms with E-state index in [4.69, 9.17) is 15.2 Å². The number of anilines is 1. The van der Waals surface area contributed by atoms with Crippen LogP contribution in [-0.4, -0.2) is 32.8 Å². The molecule has 0 spiro atoms. The summed E-state index contributed by atoms with van der Waals surface area (Å²) >= 11 is 0. The standard InChI is InChI=1S/C18H23N5O3/c1-17(2,3)8-15(24)25-10-18(9-19)7-6-14(26-18)12-4-5-13-16(20)21-11-22-23(12)13/h4-5,11,14H,6-8,10H2,1-3H3,(H2,20,21,22). The first-order chi connectivity index (χ1) is 12.2. The Kier molecular flexibility index (Phi) is 4.59. The van der Waals surface area contributed by atoms with Crippen LogP contribution in [0, 0.1) is 16.7 Å². The molecule has 0 saturated carbocycles. The van der Waals surface area contributed by atoms with Gasteiger partial charge in [-0.05, 0) is 30.4 Å². The number of rotatable bonds is 4. The summed E-state index contributed by atoms with van der Waals surface area (Å²) in [6, 6.07) is 5.87. The predicted octanol–water partition coefficient (Wildman–Crippen LogP) is 2.40. The molecule has 26 heavy (non-hydrogen) atoms. The van der Waals surface area contributed by atoms with E-state index in [9.17, 15) is 10.1 Å². The van der Waals surface area contributed by atoms with Crippen molar-refractivity contribution >= 4 is 17.3 Å². The van der Waals surface area contributed by atoms with Gasteiger partial charge in [-0.3, -0.25) is 4.79 Å². The van der Waals surface area contributed by atoms with Crippen LogP contribution in [0.25, 0.3) is 5.52 Å². The fourth-order valence-corrected chi connectivity index (χ4v) is 3.08. The van der Waals surface area contributed by atoms with Crippen molar-refractivity contribution in [1.82, 2.24) is 14.6 Å². The minimum absolute atomic E-state index is 0.0741. The number of nitriles is 1. The zero-order valence-electron chi connectivity index (χ0n) is 15.2. The van der Waals surface area contributed by atoms with Crippen LogP contribution in [0.3, 0.4) is 0 Å². The van der Waals surface area contributed by atoms with Crippen molar-refractivity contribution in [2.24, 2.45) is 5.41 Å². The SMILES string of the molecule is CC(C)(C)CC(=O)OCC1(C#N)CCC(c2ccc3c(N)ncnn23)O1. The van der Waals surface area contributed by atoms with Gasteiger partial charge in [0.2, 0.25) is 0 Å². The monoisotopic (exact) mass is 357 g/mol. The van der Waals surface area contributed by atoms with E-state index in [2.05, 4.69) is 16.2 Å². The second kappa shape index (κ2) is 6.57. The van der Waals surface area contributed by atoms with Crippen LogP contribution in [0.2, 0.25) is 0 Å². The molecule has 0 aromatic carbocycles. The van der Waals surface area contributed by atoms with Crippen LogP contribution in [0.4, 0.5) is 5.82 Å². The summed E-state index contributed by atoms with van der Waals surface area (Å²) in [5.41, 5.74) is 6.04. The lowest BCUT2D eigenvalue weighted by Crippen LogP contribution is -2.34. The van der Waals surface area contributed by atoms with Crippen molar-refractivity contribution in [3.8, 4) is 6.07 Å². The van der Waals surface area contributed by atoms with Crippen LogP contribution in [0.5, 0.6) is 0 Å². The molecule has 0 radical (unpaired) electrons. The molecule has 0 bridgehead atoms.